The molecule has 5 heteroatoms. The molecule has 1 fully saturated rings. The summed E-state index contributed by atoms with van der Waals surface area (Å²) in [7, 11) is 1.91. The van der Waals surface area contributed by atoms with Crippen molar-refractivity contribution in [1.82, 2.24) is 15.5 Å². The Balaban J connectivity index is 1.84. The number of aryl methyl sites for hydroxylation is 1. The first-order chi connectivity index (χ1) is 8.33. The first-order valence-electron chi connectivity index (χ1n) is 6.44. The Morgan fingerprint density at radius 1 is 1.47 bits per heavy atom. The van der Waals surface area contributed by atoms with E-state index in [4.69, 9.17) is 9.15 Å². The number of hydrogen-bond acceptors (Lipinski definition) is 5. The van der Waals surface area contributed by atoms with E-state index in [0.29, 0.717) is 12.0 Å². The van der Waals surface area contributed by atoms with Gasteiger partial charge in [-0.1, -0.05) is 6.92 Å². The zero-order valence-electron chi connectivity index (χ0n) is 10.6. The summed E-state index contributed by atoms with van der Waals surface area (Å²) in [5.41, 5.74) is 0. The van der Waals surface area contributed by atoms with Gasteiger partial charge in [0.1, 0.15) is 0 Å². The molecule has 2 rings (SSSR count). The Hall–Kier alpha value is -0.940. The third-order valence-electron chi connectivity index (χ3n) is 3.24. The molecule has 2 heterocycles. The van der Waals surface area contributed by atoms with Crippen molar-refractivity contribution in [2.75, 3.05) is 13.7 Å². The van der Waals surface area contributed by atoms with E-state index >= 15 is 0 Å². The predicted octanol–water partition coefficient (Wildman–Crippen LogP) is 1.85. The van der Waals surface area contributed by atoms with Crippen molar-refractivity contribution in [1.29, 1.82) is 0 Å². The highest BCUT2D eigenvalue weighted by Gasteiger charge is 2.18. The van der Waals surface area contributed by atoms with Crippen LogP contribution in [0.15, 0.2) is 4.42 Å². The van der Waals surface area contributed by atoms with Crippen molar-refractivity contribution in [2.24, 2.45) is 0 Å². The van der Waals surface area contributed by atoms with Crippen LogP contribution >= 0.6 is 0 Å². The molecule has 1 N–H and O–H groups in total. The van der Waals surface area contributed by atoms with Crippen LogP contribution < -0.4 is 5.32 Å². The SMILES string of the molecule is CCC(NC)c1nnc(CCC2CCCO2)o1. The second-order valence-electron chi connectivity index (χ2n) is 4.46. The van der Waals surface area contributed by atoms with E-state index in [1.54, 1.807) is 0 Å². The average Bonchev–Trinajstić information content (AvgIpc) is 2.99. The Bertz CT molecular complexity index is 330. The van der Waals surface area contributed by atoms with Crippen LogP contribution in [-0.2, 0) is 11.2 Å². The fourth-order valence-electron chi connectivity index (χ4n) is 2.17. The molecule has 0 saturated carbocycles. The van der Waals surface area contributed by atoms with Crippen molar-refractivity contribution in [3.8, 4) is 0 Å². The maximum absolute atomic E-state index is 5.65. The molecule has 0 aromatic carbocycles. The van der Waals surface area contributed by atoms with Crippen LogP contribution in [0.25, 0.3) is 0 Å². The van der Waals surface area contributed by atoms with Crippen molar-refractivity contribution < 1.29 is 9.15 Å². The van der Waals surface area contributed by atoms with Gasteiger partial charge in [0, 0.05) is 13.0 Å². The van der Waals surface area contributed by atoms with E-state index in [1.165, 1.54) is 6.42 Å². The molecule has 0 bridgehead atoms. The predicted molar refractivity (Wildman–Crippen MR) is 63.7 cm³/mol. The number of aromatic nitrogens is 2. The van der Waals surface area contributed by atoms with Gasteiger partial charge in [0.15, 0.2) is 0 Å². The highest BCUT2D eigenvalue weighted by molar-refractivity contribution is 4.89. The normalized spacial score (nSPS) is 21.9. The van der Waals surface area contributed by atoms with Crippen molar-refractivity contribution in [2.45, 2.75) is 51.2 Å². The standard InChI is InChI=1S/C12H21N3O2/c1-3-10(13-2)12-15-14-11(17-12)7-6-9-5-4-8-16-9/h9-10,13H,3-8H2,1-2H3. The smallest absolute Gasteiger partial charge is 0.233 e. The van der Waals surface area contributed by atoms with Gasteiger partial charge in [-0.15, -0.1) is 10.2 Å². The fraction of sp³-hybridized carbons (Fsp3) is 0.833. The lowest BCUT2D eigenvalue weighted by molar-refractivity contribution is 0.103. The number of ether oxygens (including phenoxy) is 1. The number of hydrogen-bond donors (Lipinski definition) is 1. The zero-order chi connectivity index (χ0) is 12.1. The van der Waals surface area contributed by atoms with E-state index in [2.05, 4.69) is 22.4 Å². The summed E-state index contributed by atoms with van der Waals surface area (Å²) in [6.45, 7) is 2.99. The van der Waals surface area contributed by atoms with Crippen molar-refractivity contribution in [3.63, 3.8) is 0 Å². The van der Waals surface area contributed by atoms with Gasteiger partial charge in [-0.05, 0) is 32.7 Å². The highest BCUT2D eigenvalue weighted by atomic mass is 16.5. The number of nitrogens with zero attached hydrogens (tertiary/aromatic N) is 2. The van der Waals surface area contributed by atoms with Crippen molar-refractivity contribution >= 4 is 0 Å². The van der Waals surface area contributed by atoms with Crippen LogP contribution in [0, 0.1) is 0 Å². The number of rotatable bonds is 6. The second kappa shape index (κ2) is 6.12. The Kier molecular flexibility index (Phi) is 4.50. The Morgan fingerprint density at radius 2 is 2.35 bits per heavy atom. The topological polar surface area (TPSA) is 60.2 Å². The third-order valence-corrected chi connectivity index (χ3v) is 3.24. The Morgan fingerprint density at radius 3 is 3.00 bits per heavy atom. The van der Waals surface area contributed by atoms with Gasteiger partial charge in [-0.25, -0.2) is 0 Å². The monoisotopic (exact) mass is 239 g/mol. The summed E-state index contributed by atoms with van der Waals surface area (Å²) >= 11 is 0. The minimum Gasteiger partial charge on any atom is -0.424 e. The molecule has 0 amide bonds. The molecule has 96 valence electrons. The van der Waals surface area contributed by atoms with Gasteiger partial charge in [0.2, 0.25) is 11.8 Å². The van der Waals surface area contributed by atoms with Gasteiger partial charge in [0.25, 0.3) is 0 Å². The largest absolute Gasteiger partial charge is 0.424 e. The summed E-state index contributed by atoms with van der Waals surface area (Å²) in [5, 5.41) is 11.3. The second-order valence-corrected chi connectivity index (χ2v) is 4.46. The van der Waals surface area contributed by atoms with Crippen molar-refractivity contribution in [3.05, 3.63) is 11.8 Å². The van der Waals surface area contributed by atoms with E-state index in [0.717, 1.165) is 38.2 Å². The molecule has 17 heavy (non-hydrogen) atoms. The summed E-state index contributed by atoms with van der Waals surface area (Å²) in [5.74, 6) is 1.42. The molecular weight excluding hydrogens is 218 g/mol. The molecule has 2 unspecified atom stereocenters. The van der Waals surface area contributed by atoms with Crippen LogP contribution in [0.2, 0.25) is 0 Å². The van der Waals surface area contributed by atoms with Crippen LogP contribution in [0.5, 0.6) is 0 Å². The molecule has 5 nitrogen and oxygen atoms in total. The maximum Gasteiger partial charge on any atom is 0.233 e. The quantitative estimate of drug-likeness (QED) is 0.821. The summed E-state index contributed by atoms with van der Waals surface area (Å²) in [4.78, 5) is 0. The van der Waals surface area contributed by atoms with E-state index in [1.807, 2.05) is 7.05 Å². The van der Waals surface area contributed by atoms with E-state index in [9.17, 15) is 0 Å². The fourth-order valence-corrected chi connectivity index (χ4v) is 2.17. The molecule has 0 radical (unpaired) electrons. The molecule has 1 saturated heterocycles. The summed E-state index contributed by atoms with van der Waals surface area (Å²) in [6, 6.07) is 0.166. The van der Waals surface area contributed by atoms with Crippen LogP contribution in [0.4, 0.5) is 0 Å². The Labute approximate surface area is 102 Å². The lowest BCUT2D eigenvalue weighted by Gasteiger charge is -2.08. The first kappa shape index (κ1) is 12.5. The van der Waals surface area contributed by atoms with Gasteiger partial charge in [0.05, 0.1) is 12.1 Å². The minimum atomic E-state index is 0.166. The molecule has 0 spiro atoms. The minimum absolute atomic E-state index is 0.166. The first-order valence-corrected chi connectivity index (χ1v) is 6.44. The lowest BCUT2D eigenvalue weighted by Crippen LogP contribution is -2.15. The third kappa shape index (κ3) is 3.26. The number of nitrogens with one attached hydrogen (secondary N) is 1. The molecule has 1 aliphatic heterocycles. The van der Waals surface area contributed by atoms with Crippen LogP contribution in [-0.4, -0.2) is 30.0 Å². The van der Waals surface area contributed by atoms with Gasteiger partial charge >= 0.3 is 0 Å². The maximum atomic E-state index is 5.65. The van der Waals surface area contributed by atoms with Crippen LogP contribution in [0.1, 0.15) is 50.4 Å². The summed E-state index contributed by atoms with van der Waals surface area (Å²) < 4.78 is 11.2. The highest BCUT2D eigenvalue weighted by Crippen LogP contribution is 2.19. The molecule has 0 aliphatic carbocycles. The molecule has 1 aliphatic rings. The van der Waals surface area contributed by atoms with Gasteiger partial charge < -0.3 is 14.5 Å². The molecule has 1 aromatic heterocycles. The van der Waals surface area contributed by atoms with Gasteiger partial charge in [-0.3, -0.25) is 0 Å². The van der Waals surface area contributed by atoms with Gasteiger partial charge in [-0.2, -0.15) is 0 Å². The summed E-state index contributed by atoms with van der Waals surface area (Å²) in [6.07, 6.45) is 5.48. The molecule has 1 aromatic rings. The molecular formula is C12H21N3O2. The van der Waals surface area contributed by atoms with E-state index < -0.39 is 0 Å². The average molecular weight is 239 g/mol. The van der Waals surface area contributed by atoms with E-state index in [-0.39, 0.29) is 6.04 Å². The lowest BCUT2D eigenvalue weighted by atomic mass is 10.1. The van der Waals surface area contributed by atoms with Crippen LogP contribution in [0.3, 0.4) is 0 Å². The zero-order valence-corrected chi connectivity index (χ0v) is 10.6. The molecule has 2 atom stereocenters.